The monoisotopic (exact) mass is 273 g/mol. The first kappa shape index (κ1) is 15.0. The van der Waals surface area contributed by atoms with Gasteiger partial charge in [-0.05, 0) is 43.8 Å². The van der Waals surface area contributed by atoms with Crippen molar-refractivity contribution in [1.29, 1.82) is 0 Å². The van der Waals surface area contributed by atoms with Crippen LogP contribution in [0.1, 0.15) is 32.9 Å². The van der Waals surface area contributed by atoms with Crippen molar-refractivity contribution in [3.63, 3.8) is 0 Å². The van der Waals surface area contributed by atoms with Gasteiger partial charge in [0.2, 0.25) is 0 Å². The summed E-state index contributed by atoms with van der Waals surface area (Å²) >= 11 is 0. The molecule has 2 aromatic rings. The minimum Gasteiger partial charge on any atom is -0.317 e. The van der Waals surface area contributed by atoms with Gasteiger partial charge in [-0.1, -0.05) is 39.0 Å². The van der Waals surface area contributed by atoms with Gasteiger partial charge >= 0.3 is 0 Å². The predicted molar refractivity (Wildman–Crippen MR) is 85.9 cm³/mol. The lowest BCUT2D eigenvalue weighted by molar-refractivity contribution is 0.385. The molecule has 0 bridgehead atoms. The maximum absolute atomic E-state index is 4.73. The maximum Gasteiger partial charge on any atom is 0.0706 e. The fourth-order valence-corrected chi connectivity index (χ4v) is 2.97. The van der Waals surface area contributed by atoms with Crippen molar-refractivity contribution in [2.75, 3.05) is 13.1 Å². The third-order valence-corrected chi connectivity index (χ3v) is 3.80. The van der Waals surface area contributed by atoms with Crippen molar-refractivity contribution >= 4 is 10.9 Å². The minimum atomic E-state index is 0.660. The van der Waals surface area contributed by atoms with E-state index in [0.717, 1.165) is 25.4 Å². The molecule has 0 radical (unpaired) electrons. The molecule has 1 aromatic heterocycles. The van der Waals surface area contributed by atoms with Gasteiger partial charge < -0.3 is 5.32 Å². The number of hydrogen-bond donors (Lipinski definition) is 1. The Morgan fingerprint density at radius 3 is 2.70 bits per heavy atom. The molecular formula is C17H27N3. The number of para-hydroxylation sites is 1. The van der Waals surface area contributed by atoms with Crippen molar-refractivity contribution < 1.29 is 0 Å². The Morgan fingerprint density at radius 1 is 1.25 bits per heavy atom. The fraction of sp³-hybridized carbons (Fsp3) is 0.588. The van der Waals surface area contributed by atoms with Gasteiger partial charge in [-0.2, -0.15) is 5.10 Å². The number of aromatic nitrogens is 2. The SMILES string of the molecule is CCNCC(Cc1nn(C)c2ccccc12)CC(C)C. The molecule has 0 aliphatic heterocycles. The van der Waals surface area contributed by atoms with E-state index in [-0.39, 0.29) is 0 Å². The minimum absolute atomic E-state index is 0.660. The summed E-state index contributed by atoms with van der Waals surface area (Å²) in [4.78, 5) is 0. The molecule has 1 aromatic carbocycles. The van der Waals surface area contributed by atoms with Crippen LogP contribution < -0.4 is 5.32 Å². The van der Waals surface area contributed by atoms with Gasteiger partial charge in [-0.25, -0.2) is 0 Å². The zero-order valence-corrected chi connectivity index (χ0v) is 13.2. The number of aryl methyl sites for hydroxylation is 1. The zero-order chi connectivity index (χ0) is 14.5. The highest BCUT2D eigenvalue weighted by Crippen LogP contribution is 2.23. The summed E-state index contributed by atoms with van der Waals surface area (Å²) in [6.45, 7) is 8.89. The molecule has 0 spiro atoms. The van der Waals surface area contributed by atoms with Crippen LogP contribution in [0.15, 0.2) is 24.3 Å². The Balaban J connectivity index is 2.19. The van der Waals surface area contributed by atoms with Crippen molar-refractivity contribution in [1.82, 2.24) is 15.1 Å². The Labute approximate surface area is 122 Å². The molecule has 0 aliphatic rings. The van der Waals surface area contributed by atoms with Crippen molar-refractivity contribution in [3.8, 4) is 0 Å². The van der Waals surface area contributed by atoms with E-state index >= 15 is 0 Å². The van der Waals surface area contributed by atoms with Crippen molar-refractivity contribution in [3.05, 3.63) is 30.0 Å². The number of benzene rings is 1. The summed E-state index contributed by atoms with van der Waals surface area (Å²) in [5, 5.41) is 9.53. The van der Waals surface area contributed by atoms with E-state index < -0.39 is 0 Å². The average Bonchev–Trinajstić information content (AvgIpc) is 2.73. The van der Waals surface area contributed by atoms with Crippen LogP contribution in [0.3, 0.4) is 0 Å². The summed E-state index contributed by atoms with van der Waals surface area (Å²) in [7, 11) is 2.04. The van der Waals surface area contributed by atoms with E-state index in [1.165, 1.54) is 23.0 Å². The first-order valence-electron chi connectivity index (χ1n) is 7.73. The van der Waals surface area contributed by atoms with Crippen molar-refractivity contribution in [2.45, 2.75) is 33.6 Å². The van der Waals surface area contributed by atoms with E-state index in [0.29, 0.717) is 5.92 Å². The molecule has 20 heavy (non-hydrogen) atoms. The average molecular weight is 273 g/mol. The van der Waals surface area contributed by atoms with E-state index in [9.17, 15) is 0 Å². The first-order valence-corrected chi connectivity index (χ1v) is 7.73. The van der Waals surface area contributed by atoms with Crippen LogP contribution in [0.4, 0.5) is 0 Å². The largest absolute Gasteiger partial charge is 0.317 e. The summed E-state index contributed by atoms with van der Waals surface area (Å²) < 4.78 is 2.00. The van der Waals surface area contributed by atoms with E-state index in [2.05, 4.69) is 50.4 Å². The smallest absolute Gasteiger partial charge is 0.0706 e. The van der Waals surface area contributed by atoms with Crippen LogP contribution in [0.5, 0.6) is 0 Å². The van der Waals surface area contributed by atoms with Crippen LogP contribution in [-0.2, 0) is 13.5 Å². The van der Waals surface area contributed by atoms with Crippen LogP contribution in [0.25, 0.3) is 10.9 Å². The molecule has 3 heteroatoms. The molecule has 0 amide bonds. The molecule has 1 atom stereocenters. The van der Waals surface area contributed by atoms with Crippen molar-refractivity contribution in [2.24, 2.45) is 18.9 Å². The van der Waals surface area contributed by atoms with Crippen LogP contribution in [0.2, 0.25) is 0 Å². The molecule has 0 saturated carbocycles. The third kappa shape index (κ3) is 3.60. The Hall–Kier alpha value is -1.35. The maximum atomic E-state index is 4.73. The van der Waals surface area contributed by atoms with Crippen LogP contribution in [0, 0.1) is 11.8 Å². The predicted octanol–water partition coefficient (Wildman–Crippen LogP) is 3.39. The number of hydrogen-bond acceptors (Lipinski definition) is 2. The second-order valence-electron chi connectivity index (χ2n) is 6.09. The van der Waals surface area contributed by atoms with Gasteiger partial charge in [-0.3, -0.25) is 4.68 Å². The highest BCUT2D eigenvalue weighted by Gasteiger charge is 2.16. The third-order valence-electron chi connectivity index (χ3n) is 3.80. The summed E-state index contributed by atoms with van der Waals surface area (Å²) in [6.07, 6.45) is 2.31. The molecule has 3 nitrogen and oxygen atoms in total. The van der Waals surface area contributed by atoms with E-state index in [4.69, 9.17) is 5.10 Å². The number of rotatable bonds is 7. The lowest BCUT2D eigenvalue weighted by Crippen LogP contribution is -2.25. The van der Waals surface area contributed by atoms with Crippen LogP contribution in [-0.4, -0.2) is 22.9 Å². The molecule has 1 unspecified atom stereocenters. The Bertz CT molecular complexity index is 542. The van der Waals surface area contributed by atoms with Gasteiger partial charge in [0, 0.05) is 12.4 Å². The summed E-state index contributed by atoms with van der Waals surface area (Å²) in [5.74, 6) is 1.39. The van der Waals surface area contributed by atoms with Gasteiger partial charge in [-0.15, -0.1) is 0 Å². The van der Waals surface area contributed by atoms with Gasteiger partial charge in [0.25, 0.3) is 0 Å². The quantitative estimate of drug-likeness (QED) is 0.838. The summed E-state index contributed by atoms with van der Waals surface area (Å²) in [5.41, 5.74) is 2.47. The highest BCUT2D eigenvalue weighted by molar-refractivity contribution is 5.81. The second-order valence-corrected chi connectivity index (χ2v) is 6.09. The number of nitrogens with zero attached hydrogens (tertiary/aromatic N) is 2. The number of nitrogens with one attached hydrogen (secondary N) is 1. The van der Waals surface area contributed by atoms with Crippen LogP contribution >= 0.6 is 0 Å². The van der Waals surface area contributed by atoms with Gasteiger partial charge in [0.15, 0.2) is 0 Å². The molecule has 1 heterocycles. The number of fused-ring (bicyclic) bond motifs is 1. The topological polar surface area (TPSA) is 29.9 Å². The standard InChI is InChI=1S/C17H27N3/c1-5-18-12-14(10-13(2)3)11-16-15-8-6-7-9-17(15)20(4)19-16/h6-9,13-14,18H,5,10-12H2,1-4H3. The molecule has 0 aliphatic carbocycles. The fourth-order valence-electron chi connectivity index (χ4n) is 2.97. The second kappa shape index (κ2) is 6.89. The molecular weight excluding hydrogens is 246 g/mol. The lowest BCUT2D eigenvalue weighted by Gasteiger charge is -2.18. The Kier molecular flexibility index (Phi) is 5.18. The zero-order valence-electron chi connectivity index (χ0n) is 13.2. The molecule has 2 rings (SSSR count). The lowest BCUT2D eigenvalue weighted by atomic mass is 9.92. The van der Waals surface area contributed by atoms with Gasteiger partial charge in [0.05, 0.1) is 11.2 Å². The highest BCUT2D eigenvalue weighted by atomic mass is 15.3. The normalized spacial score (nSPS) is 13.2. The molecule has 110 valence electrons. The van der Waals surface area contributed by atoms with E-state index in [1.807, 2.05) is 11.7 Å². The molecule has 1 N–H and O–H groups in total. The Morgan fingerprint density at radius 2 is 2.00 bits per heavy atom. The van der Waals surface area contributed by atoms with Gasteiger partial charge in [0.1, 0.15) is 0 Å². The summed E-state index contributed by atoms with van der Waals surface area (Å²) in [6, 6.07) is 8.53. The molecule has 0 saturated heterocycles. The first-order chi connectivity index (χ1) is 9.61. The molecule has 0 fully saturated rings. The van der Waals surface area contributed by atoms with E-state index in [1.54, 1.807) is 0 Å².